The van der Waals surface area contributed by atoms with Gasteiger partial charge in [-0.05, 0) is 31.0 Å². The lowest BCUT2D eigenvalue weighted by atomic mass is 9.90. The van der Waals surface area contributed by atoms with Crippen LogP contribution in [0.4, 0.5) is 4.39 Å². The van der Waals surface area contributed by atoms with E-state index in [4.69, 9.17) is 9.47 Å². The van der Waals surface area contributed by atoms with Gasteiger partial charge in [0.2, 0.25) is 0 Å². The summed E-state index contributed by atoms with van der Waals surface area (Å²) in [5.41, 5.74) is 0.985. The number of aromatic nitrogens is 1. The molecule has 20 heavy (non-hydrogen) atoms. The molecule has 0 radical (unpaired) electrons. The smallest absolute Gasteiger partial charge is 0.168 e. The fraction of sp³-hybridized carbons (Fsp3) is 0.500. The van der Waals surface area contributed by atoms with Crippen molar-refractivity contribution in [1.29, 1.82) is 0 Å². The van der Waals surface area contributed by atoms with Crippen molar-refractivity contribution in [3.05, 3.63) is 36.3 Å². The fourth-order valence-corrected chi connectivity index (χ4v) is 3.58. The molecule has 0 N–H and O–H groups in total. The van der Waals surface area contributed by atoms with Crippen LogP contribution < -0.4 is 0 Å². The second-order valence-corrected chi connectivity index (χ2v) is 5.73. The Morgan fingerprint density at radius 3 is 2.60 bits per heavy atom. The predicted octanol–water partition coefficient (Wildman–Crippen LogP) is 3.64. The molecule has 4 rings (SSSR count). The first kappa shape index (κ1) is 12.4. The summed E-state index contributed by atoms with van der Waals surface area (Å²) in [5.74, 6) is -0.471. The maximum Gasteiger partial charge on any atom is 0.168 e. The largest absolute Gasteiger partial charge is 0.348 e. The van der Waals surface area contributed by atoms with Crippen LogP contribution in [0.5, 0.6) is 0 Å². The Morgan fingerprint density at radius 1 is 1.10 bits per heavy atom. The monoisotopic (exact) mass is 275 g/mol. The van der Waals surface area contributed by atoms with E-state index in [1.54, 1.807) is 6.07 Å². The molecule has 1 aromatic carbocycles. The normalized spacial score (nSPS) is 22.9. The van der Waals surface area contributed by atoms with Crippen LogP contribution in [0.2, 0.25) is 0 Å². The van der Waals surface area contributed by atoms with Crippen molar-refractivity contribution in [1.82, 2.24) is 4.57 Å². The summed E-state index contributed by atoms with van der Waals surface area (Å²) in [4.78, 5) is 0. The first-order valence-corrected chi connectivity index (χ1v) is 7.30. The lowest BCUT2D eigenvalue weighted by Crippen LogP contribution is -2.35. The number of fused-ring (bicyclic) bond motifs is 1. The SMILES string of the molecule is Fc1cccc2c1ccn2C1CCC2(CC1)OCCO2. The second-order valence-electron chi connectivity index (χ2n) is 5.73. The van der Waals surface area contributed by atoms with Gasteiger partial charge in [-0.15, -0.1) is 0 Å². The highest BCUT2D eigenvalue weighted by Gasteiger charge is 2.40. The average molecular weight is 275 g/mol. The van der Waals surface area contributed by atoms with E-state index >= 15 is 0 Å². The summed E-state index contributed by atoms with van der Waals surface area (Å²) < 4.78 is 27.5. The summed E-state index contributed by atoms with van der Waals surface area (Å²) in [5, 5.41) is 0.709. The molecule has 0 amide bonds. The van der Waals surface area contributed by atoms with Crippen LogP contribution in [0.1, 0.15) is 31.7 Å². The molecule has 2 aliphatic rings. The maximum absolute atomic E-state index is 13.8. The quantitative estimate of drug-likeness (QED) is 0.793. The van der Waals surface area contributed by atoms with E-state index in [2.05, 4.69) is 4.57 Å². The molecule has 2 heterocycles. The van der Waals surface area contributed by atoms with Crippen LogP contribution >= 0.6 is 0 Å². The number of hydrogen-bond donors (Lipinski definition) is 0. The molecule has 1 saturated heterocycles. The van der Waals surface area contributed by atoms with Crippen molar-refractivity contribution in [2.75, 3.05) is 13.2 Å². The third-order valence-corrected chi connectivity index (χ3v) is 4.63. The van der Waals surface area contributed by atoms with Crippen LogP contribution in [-0.2, 0) is 9.47 Å². The van der Waals surface area contributed by atoms with E-state index in [1.807, 2.05) is 18.3 Å². The van der Waals surface area contributed by atoms with E-state index in [0.29, 0.717) is 24.6 Å². The standard InChI is InChI=1S/C16H18FNO2/c17-14-2-1-3-15-13(14)6-9-18(15)12-4-7-16(8-5-12)19-10-11-20-16/h1-3,6,9,12H,4-5,7-8,10-11H2. The summed E-state index contributed by atoms with van der Waals surface area (Å²) >= 11 is 0. The number of hydrogen-bond acceptors (Lipinski definition) is 2. The van der Waals surface area contributed by atoms with Gasteiger partial charge in [0, 0.05) is 30.5 Å². The Bertz CT molecular complexity index is 620. The van der Waals surface area contributed by atoms with Gasteiger partial charge in [-0.1, -0.05) is 6.07 Å². The van der Waals surface area contributed by atoms with Crippen LogP contribution in [0.3, 0.4) is 0 Å². The highest BCUT2D eigenvalue weighted by Crippen LogP contribution is 2.41. The number of ether oxygens (including phenoxy) is 2. The highest BCUT2D eigenvalue weighted by atomic mass is 19.1. The van der Waals surface area contributed by atoms with Crippen molar-refractivity contribution < 1.29 is 13.9 Å². The van der Waals surface area contributed by atoms with Crippen LogP contribution in [0.15, 0.2) is 30.5 Å². The molecule has 0 unspecified atom stereocenters. The van der Waals surface area contributed by atoms with Crippen molar-refractivity contribution >= 4 is 10.9 Å². The molecule has 1 aliphatic heterocycles. The third kappa shape index (κ3) is 1.86. The Labute approximate surface area is 117 Å². The minimum Gasteiger partial charge on any atom is -0.348 e. The highest BCUT2D eigenvalue weighted by molar-refractivity contribution is 5.80. The van der Waals surface area contributed by atoms with E-state index in [-0.39, 0.29) is 11.6 Å². The number of rotatable bonds is 1. The zero-order valence-electron chi connectivity index (χ0n) is 11.3. The lowest BCUT2D eigenvalue weighted by Gasteiger charge is -2.36. The van der Waals surface area contributed by atoms with E-state index in [1.165, 1.54) is 6.07 Å². The first-order chi connectivity index (χ1) is 9.77. The number of halogens is 1. The van der Waals surface area contributed by atoms with Crippen LogP contribution in [-0.4, -0.2) is 23.6 Å². The first-order valence-electron chi connectivity index (χ1n) is 7.30. The molecule has 0 atom stereocenters. The van der Waals surface area contributed by atoms with E-state index in [9.17, 15) is 4.39 Å². The summed E-state index contributed by atoms with van der Waals surface area (Å²) in [6.45, 7) is 1.42. The molecule has 1 aromatic heterocycles. The van der Waals surface area contributed by atoms with Gasteiger partial charge in [0.05, 0.1) is 18.7 Å². The van der Waals surface area contributed by atoms with E-state index < -0.39 is 0 Å². The maximum atomic E-state index is 13.8. The van der Waals surface area contributed by atoms with Gasteiger partial charge in [0.1, 0.15) is 5.82 Å². The van der Waals surface area contributed by atoms with Gasteiger partial charge in [0.25, 0.3) is 0 Å². The molecule has 1 spiro atoms. The zero-order valence-corrected chi connectivity index (χ0v) is 11.3. The Morgan fingerprint density at radius 2 is 1.85 bits per heavy atom. The predicted molar refractivity (Wildman–Crippen MR) is 74.0 cm³/mol. The van der Waals surface area contributed by atoms with Crippen LogP contribution in [0.25, 0.3) is 10.9 Å². The topological polar surface area (TPSA) is 23.4 Å². The number of nitrogens with zero attached hydrogens (tertiary/aromatic N) is 1. The van der Waals surface area contributed by atoms with Gasteiger partial charge in [-0.25, -0.2) is 4.39 Å². The van der Waals surface area contributed by atoms with Crippen molar-refractivity contribution in [2.45, 2.75) is 37.5 Å². The second kappa shape index (κ2) is 4.57. The molecule has 2 fully saturated rings. The van der Waals surface area contributed by atoms with Crippen molar-refractivity contribution in [2.24, 2.45) is 0 Å². The van der Waals surface area contributed by atoms with Gasteiger partial charge >= 0.3 is 0 Å². The lowest BCUT2D eigenvalue weighted by molar-refractivity contribution is -0.181. The number of benzene rings is 1. The van der Waals surface area contributed by atoms with E-state index in [0.717, 1.165) is 31.2 Å². The molecule has 2 aromatic rings. The Hall–Kier alpha value is -1.39. The summed E-state index contributed by atoms with van der Waals surface area (Å²) in [6.07, 6.45) is 5.88. The molecule has 3 nitrogen and oxygen atoms in total. The Balaban J connectivity index is 1.60. The van der Waals surface area contributed by atoms with Gasteiger partial charge in [-0.2, -0.15) is 0 Å². The van der Waals surface area contributed by atoms with Crippen molar-refractivity contribution in [3.8, 4) is 0 Å². The van der Waals surface area contributed by atoms with Gasteiger partial charge < -0.3 is 14.0 Å². The minimum absolute atomic E-state index is 0.143. The molecule has 4 heteroatoms. The fourth-order valence-electron chi connectivity index (χ4n) is 3.58. The molecule has 1 aliphatic carbocycles. The molecule has 0 bridgehead atoms. The molecule has 106 valence electrons. The summed E-state index contributed by atoms with van der Waals surface area (Å²) in [7, 11) is 0. The van der Waals surface area contributed by atoms with Crippen molar-refractivity contribution in [3.63, 3.8) is 0 Å². The average Bonchev–Trinajstić information content (AvgIpc) is 3.09. The van der Waals surface area contributed by atoms with Crippen LogP contribution in [0, 0.1) is 5.82 Å². The molecular weight excluding hydrogens is 257 g/mol. The Kier molecular flexibility index (Phi) is 2.82. The third-order valence-electron chi connectivity index (χ3n) is 4.63. The molecule has 1 saturated carbocycles. The molecular formula is C16H18FNO2. The zero-order chi connectivity index (χ0) is 13.6. The minimum atomic E-state index is -0.329. The van der Waals surface area contributed by atoms with Gasteiger partial charge in [-0.3, -0.25) is 0 Å². The summed E-state index contributed by atoms with van der Waals surface area (Å²) in [6, 6.07) is 7.57. The van der Waals surface area contributed by atoms with Gasteiger partial charge in [0.15, 0.2) is 5.79 Å².